The van der Waals surface area contributed by atoms with Crippen LogP contribution in [0.1, 0.15) is 5.69 Å². The first kappa shape index (κ1) is 17.7. The van der Waals surface area contributed by atoms with Crippen LogP contribution in [-0.4, -0.2) is 29.4 Å². The van der Waals surface area contributed by atoms with Crippen molar-refractivity contribution in [2.24, 2.45) is 0 Å². The van der Waals surface area contributed by atoms with E-state index in [2.05, 4.69) is 20.5 Å². The van der Waals surface area contributed by atoms with Gasteiger partial charge in [0.25, 0.3) is 0 Å². The van der Waals surface area contributed by atoms with Crippen LogP contribution in [0.3, 0.4) is 0 Å². The lowest BCUT2D eigenvalue weighted by Crippen LogP contribution is -1.98. The van der Waals surface area contributed by atoms with Crippen molar-refractivity contribution in [1.29, 1.82) is 0 Å². The van der Waals surface area contributed by atoms with Gasteiger partial charge in [0.1, 0.15) is 23.1 Å². The number of hydrogen-bond acceptors (Lipinski definition) is 6. The van der Waals surface area contributed by atoms with Crippen molar-refractivity contribution in [2.75, 3.05) is 19.5 Å². The zero-order valence-electron chi connectivity index (χ0n) is 15.8. The third-order valence-electron chi connectivity index (χ3n) is 4.24. The Hall–Kier alpha value is -3.74. The molecule has 0 aliphatic rings. The fourth-order valence-corrected chi connectivity index (χ4v) is 2.83. The van der Waals surface area contributed by atoms with Crippen LogP contribution in [-0.2, 0) is 0 Å². The molecule has 7 nitrogen and oxygen atoms in total. The highest BCUT2D eigenvalue weighted by molar-refractivity contribution is 5.90. The predicted octanol–water partition coefficient (Wildman–Crippen LogP) is 4.82. The number of ether oxygens (including phenoxy) is 3. The summed E-state index contributed by atoms with van der Waals surface area (Å²) < 4.78 is 16.6. The lowest BCUT2D eigenvalue weighted by molar-refractivity contribution is 0.412. The number of nitrogens with one attached hydrogen (secondary N) is 2. The van der Waals surface area contributed by atoms with Gasteiger partial charge in [-0.05, 0) is 54.8 Å². The van der Waals surface area contributed by atoms with Crippen molar-refractivity contribution in [2.45, 2.75) is 6.92 Å². The Morgan fingerprint density at radius 1 is 0.821 bits per heavy atom. The van der Waals surface area contributed by atoms with E-state index in [4.69, 9.17) is 14.2 Å². The Labute approximate surface area is 162 Å². The number of benzene rings is 2. The highest BCUT2D eigenvalue weighted by Crippen LogP contribution is 2.34. The molecule has 2 aromatic heterocycles. The van der Waals surface area contributed by atoms with Gasteiger partial charge >= 0.3 is 0 Å². The van der Waals surface area contributed by atoms with Crippen molar-refractivity contribution in [3.63, 3.8) is 0 Å². The number of fused-ring (bicyclic) bond motifs is 1. The number of pyridine rings is 1. The number of aromatic amines is 1. The topological polar surface area (TPSA) is 81.3 Å². The summed E-state index contributed by atoms with van der Waals surface area (Å²) in [6.07, 6.45) is 0. The second-order valence-corrected chi connectivity index (χ2v) is 6.24. The third kappa shape index (κ3) is 3.68. The molecule has 0 aliphatic heterocycles. The van der Waals surface area contributed by atoms with Crippen LogP contribution >= 0.6 is 0 Å². The van der Waals surface area contributed by atoms with E-state index in [1.54, 1.807) is 14.2 Å². The van der Waals surface area contributed by atoms with E-state index in [1.165, 1.54) is 0 Å². The summed E-state index contributed by atoms with van der Waals surface area (Å²) in [5.41, 5.74) is 0.961. The monoisotopic (exact) mass is 376 g/mol. The smallest absolute Gasteiger partial charge is 0.229 e. The standard InChI is InChI=1S/C21H20N4O3/c1-13-10-20(25-24-13)22-19-11-14-4-5-17(27-3)12-18(14)21(23-19)28-16-8-6-15(26-2)7-9-16/h4-12H,1-3H3,(H2,22,23,24,25). The summed E-state index contributed by atoms with van der Waals surface area (Å²) in [4.78, 5) is 4.64. The summed E-state index contributed by atoms with van der Waals surface area (Å²) >= 11 is 0. The number of aryl methyl sites for hydroxylation is 1. The summed E-state index contributed by atoms with van der Waals surface area (Å²) in [7, 11) is 3.26. The molecule has 2 aromatic carbocycles. The summed E-state index contributed by atoms with van der Waals surface area (Å²) in [6.45, 7) is 1.94. The molecule has 28 heavy (non-hydrogen) atoms. The maximum absolute atomic E-state index is 6.08. The molecule has 0 unspecified atom stereocenters. The van der Waals surface area contributed by atoms with E-state index in [9.17, 15) is 0 Å². The number of nitrogens with zero attached hydrogens (tertiary/aromatic N) is 2. The average Bonchev–Trinajstić information content (AvgIpc) is 3.13. The molecule has 0 saturated carbocycles. The average molecular weight is 376 g/mol. The molecule has 2 N–H and O–H groups in total. The van der Waals surface area contributed by atoms with E-state index < -0.39 is 0 Å². The summed E-state index contributed by atoms with van der Waals surface area (Å²) in [5, 5.41) is 12.1. The largest absolute Gasteiger partial charge is 0.497 e. The Bertz CT molecular complexity index is 1110. The maximum Gasteiger partial charge on any atom is 0.229 e. The number of H-pyrrole nitrogens is 1. The summed E-state index contributed by atoms with van der Waals surface area (Å²) in [6, 6.07) is 17.0. The quantitative estimate of drug-likeness (QED) is 0.502. The van der Waals surface area contributed by atoms with Gasteiger partial charge < -0.3 is 19.5 Å². The molecule has 7 heteroatoms. The van der Waals surface area contributed by atoms with Gasteiger partial charge in [-0.25, -0.2) is 0 Å². The zero-order chi connectivity index (χ0) is 19.5. The molecular formula is C21H20N4O3. The van der Waals surface area contributed by atoms with Crippen molar-refractivity contribution >= 4 is 22.4 Å². The highest BCUT2D eigenvalue weighted by atomic mass is 16.5. The molecule has 0 saturated heterocycles. The molecule has 142 valence electrons. The predicted molar refractivity (Wildman–Crippen MR) is 108 cm³/mol. The number of anilines is 2. The van der Waals surface area contributed by atoms with E-state index in [1.807, 2.05) is 61.5 Å². The van der Waals surface area contributed by atoms with Gasteiger partial charge in [0.2, 0.25) is 5.88 Å². The zero-order valence-corrected chi connectivity index (χ0v) is 15.8. The number of methoxy groups -OCH3 is 2. The van der Waals surface area contributed by atoms with Gasteiger partial charge in [-0.3, -0.25) is 5.10 Å². The second-order valence-electron chi connectivity index (χ2n) is 6.24. The van der Waals surface area contributed by atoms with Gasteiger partial charge in [-0.1, -0.05) is 6.07 Å². The van der Waals surface area contributed by atoms with Crippen LogP contribution in [0.2, 0.25) is 0 Å². The minimum absolute atomic E-state index is 0.469. The molecule has 0 aliphatic carbocycles. The first-order valence-corrected chi connectivity index (χ1v) is 8.74. The molecule has 4 rings (SSSR count). The van der Waals surface area contributed by atoms with Crippen LogP contribution in [0.4, 0.5) is 11.6 Å². The Morgan fingerprint density at radius 3 is 2.21 bits per heavy atom. The van der Waals surface area contributed by atoms with E-state index >= 15 is 0 Å². The Balaban J connectivity index is 1.75. The fourth-order valence-electron chi connectivity index (χ4n) is 2.83. The SMILES string of the molecule is COc1ccc(Oc2nc(Nc3cc(C)[nH]n3)cc3ccc(OC)cc23)cc1. The van der Waals surface area contributed by atoms with Gasteiger partial charge in [-0.15, -0.1) is 0 Å². The molecule has 2 heterocycles. The number of aromatic nitrogens is 3. The molecule has 0 bridgehead atoms. The second kappa shape index (κ2) is 7.48. The van der Waals surface area contributed by atoms with Crippen LogP contribution in [0.15, 0.2) is 54.6 Å². The normalized spacial score (nSPS) is 10.7. The minimum Gasteiger partial charge on any atom is -0.497 e. The molecule has 0 atom stereocenters. The summed E-state index contributed by atoms with van der Waals surface area (Å²) in [5.74, 6) is 3.94. The molecule has 0 spiro atoms. The maximum atomic E-state index is 6.08. The third-order valence-corrected chi connectivity index (χ3v) is 4.24. The van der Waals surface area contributed by atoms with Gasteiger partial charge in [0, 0.05) is 17.1 Å². The molecule has 0 radical (unpaired) electrons. The van der Waals surface area contributed by atoms with Crippen molar-refractivity contribution in [3.8, 4) is 23.1 Å². The minimum atomic E-state index is 0.469. The van der Waals surface area contributed by atoms with Gasteiger partial charge in [0.05, 0.1) is 14.2 Å². The lowest BCUT2D eigenvalue weighted by Gasteiger charge is -2.12. The van der Waals surface area contributed by atoms with E-state index in [0.29, 0.717) is 23.3 Å². The van der Waals surface area contributed by atoms with E-state index in [-0.39, 0.29) is 0 Å². The van der Waals surface area contributed by atoms with Gasteiger partial charge in [0.15, 0.2) is 5.82 Å². The molecule has 0 amide bonds. The van der Waals surface area contributed by atoms with Crippen molar-refractivity contribution < 1.29 is 14.2 Å². The molecule has 4 aromatic rings. The Morgan fingerprint density at radius 2 is 1.54 bits per heavy atom. The van der Waals surface area contributed by atoms with Crippen LogP contribution in [0.25, 0.3) is 10.8 Å². The van der Waals surface area contributed by atoms with Gasteiger partial charge in [-0.2, -0.15) is 10.1 Å². The van der Waals surface area contributed by atoms with Crippen LogP contribution < -0.4 is 19.5 Å². The van der Waals surface area contributed by atoms with Crippen LogP contribution in [0.5, 0.6) is 23.1 Å². The van der Waals surface area contributed by atoms with E-state index in [0.717, 1.165) is 28.0 Å². The highest BCUT2D eigenvalue weighted by Gasteiger charge is 2.11. The first-order chi connectivity index (χ1) is 13.6. The first-order valence-electron chi connectivity index (χ1n) is 8.74. The molecule has 0 fully saturated rings. The fraction of sp³-hybridized carbons (Fsp3) is 0.143. The number of rotatable bonds is 6. The molecular weight excluding hydrogens is 356 g/mol. The van der Waals surface area contributed by atoms with Crippen molar-refractivity contribution in [1.82, 2.24) is 15.2 Å². The van der Waals surface area contributed by atoms with Crippen molar-refractivity contribution in [3.05, 3.63) is 60.3 Å². The lowest BCUT2D eigenvalue weighted by atomic mass is 10.1. The number of hydrogen-bond donors (Lipinski definition) is 2. The van der Waals surface area contributed by atoms with Crippen LogP contribution in [0, 0.1) is 6.92 Å². The Kier molecular flexibility index (Phi) is 4.72.